The molecule has 4 rings (SSSR count). The molecular formula is C19H22N6. The van der Waals surface area contributed by atoms with Gasteiger partial charge < -0.3 is 16.0 Å². The molecule has 6 nitrogen and oxygen atoms in total. The lowest BCUT2D eigenvalue weighted by Crippen LogP contribution is -2.46. The van der Waals surface area contributed by atoms with Crippen molar-refractivity contribution in [1.82, 2.24) is 14.8 Å². The molecule has 128 valence electrons. The first-order valence-corrected chi connectivity index (χ1v) is 8.39. The maximum atomic E-state index is 6.70. The summed E-state index contributed by atoms with van der Waals surface area (Å²) in [5, 5.41) is 7.83. The van der Waals surface area contributed by atoms with Crippen molar-refractivity contribution >= 4 is 11.6 Å². The molecule has 0 bridgehead atoms. The van der Waals surface area contributed by atoms with E-state index in [1.165, 1.54) is 0 Å². The summed E-state index contributed by atoms with van der Waals surface area (Å²) in [4.78, 5) is 6.45. The zero-order chi connectivity index (χ0) is 17.4. The molecule has 0 spiro atoms. The monoisotopic (exact) mass is 334 g/mol. The number of nitrogens with one attached hydrogen (secondary N) is 1. The van der Waals surface area contributed by atoms with Crippen LogP contribution in [0.25, 0.3) is 0 Å². The fraction of sp³-hybridized carbons (Fsp3) is 0.263. The van der Waals surface area contributed by atoms with Crippen LogP contribution in [-0.4, -0.2) is 34.9 Å². The van der Waals surface area contributed by atoms with Crippen molar-refractivity contribution in [3.63, 3.8) is 0 Å². The Morgan fingerprint density at radius 1 is 1.00 bits per heavy atom. The van der Waals surface area contributed by atoms with Crippen molar-refractivity contribution in [2.75, 3.05) is 24.3 Å². The summed E-state index contributed by atoms with van der Waals surface area (Å²) in [6, 6.07) is 18.5. The first-order chi connectivity index (χ1) is 12.1. The zero-order valence-corrected chi connectivity index (χ0v) is 14.4. The van der Waals surface area contributed by atoms with Gasteiger partial charge in [0.1, 0.15) is 6.33 Å². The van der Waals surface area contributed by atoms with Crippen molar-refractivity contribution in [3.05, 3.63) is 72.1 Å². The van der Waals surface area contributed by atoms with E-state index in [0.717, 1.165) is 22.8 Å². The third-order valence-corrected chi connectivity index (χ3v) is 4.78. The maximum Gasteiger partial charge on any atom is 0.222 e. The highest BCUT2D eigenvalue weighted by atomic mass is 15.4. The third-order valence-electron chi connectivity index (χ3n) is 4.78. The molecule has 0 saturated heterocycles. The Balaban J connectivity index is 1.73. The van der Waals surface area contributed by atoms with Gasteiger partial charge in [0.05, 0.1) is 18.1 Å². The molecule has 1 aromatic heterocycles. The number of aromatic nitrogens is 3. The molecule has 3 N–H and O–H groups in total. The minimum atomic E-state index is -0.165. The number of fused-ring (bicyclic) bond motifs is 1. The van der Waals surface area contributed by atoms with Crippen LogP contribution in [0.1, 0.15) is 23.2 Å². The molecule has 0 radical (unpaired) electrons. The smallest absolute Gasteiger partial charge is 0.222 e. The lowest BCUT2D eigenvalue weighted by atomic mass is 9.89. The summed E-state index contributed by atoms with van der Waals surface area (Å²) < 4.78 is 1.88. The topological polar surface area (TPSA) is 72.0 Å². The summed E-state index contributed by atoms with van der Waals surface area (Å²) >= 11 is 0. The van der Waals surface area contributed by atoms with E-state index in [2.05, 4.69) is 56.7 Å². The van der Waals surface area contributed by atoms with Gasteiger partial charge in [0.2, 0.25) is 5.95 Å². The minimum absolute atomic E-state index is 0.0295. The van der Waals surface area contributed by atoms with E-state index in [0.29, 0.717) is 0 Å². The van der Waals surface area contributed by atoms with Gasteiger partial charge in [0, 0.05) is 19.8 Å². The van der Waals surface area contributed by atoms with Crippen LogP contribution in [-0.2, 0) is 0 Å². The van der Waals surface area contributed by atoms with E-state index >= 15 is 0 Å². The standard InChI is InChI=1S/C19H22N6/c1-24(2)15-10-8-13(9-11-15)17-16(20)18(14-6-4-3-5-7-14)25-19(23-17)21-12-22-25/h3-12,16-18H,20H2,1-2H3,(H,21,22,23)/t16-,17+,18+/m1/s1. The molecule has 0 fully saturated rings. The van der Waals surface area contributed by atoms with Crippen molar-refractivity contribution in [2.24, 2.45) is 5.73 Å². The number of hydrogen-bond donors (Lipinski definition) is 2. The second-order valence-corrected chi connectivity index (χ2v) is 6.57. The van der Waals surface area contributed by atoms with Crippen LogP contribution in [0.3, 0.4) is 0 Å². The lowest BCUT2D eigenvalue weighted by molar-refractivity contribution is 0.371. The molecule has 3 atom stereocenters. The first kappa shape index (κ1) is 15.7. The summed E-state index contributed by atoms with van der Waals surface area (Å²) in [6.45, 7) is 0. The van der Waals surface area contributed by atoms with Crippen molar-refractivity contribution in [1.29, 1.82) is 0 Å². The molecule has 2 heterocycles. The SMILES string of the molecule is CN(C)c1ccc([C@@H]2Nc3ncnn3[C@@H](c3ccccc3)[C@@H]2N)cc1. The van der Waals surface area contributed by atoms with Crippen LogP contribution < -0.4 is 16.0 Å². The summed E-state index contributed by atoms with van der Waals surface area (Å²) in [7, 11) is 4.07. The molecule has 1 aliphatic heterocycles. The van der Waals surface area contributed by atoms with Gasteiger partial charge in [-0.15, -0.1) is 0 Å². The van der Waals surface area contributed by atoms with E-state index < -0.39 is 0 Å². The Hall–Kier alpha value is -2.86. The highest BCUT2D eigenvalue weighted by Crippen LogP contribution is 2.36. The number of nitrogens with two attached hydrogens (primary N) is 1. The number of rotatable bonds is 3. The van der Waals surface area contributed by atoms with E-state index in [4.69, 9.17) is 5.73 Å². The van der Waals surface area contributed by atoms with Crippen LogP contribution in [0.15, 0.2) is 60.9 Å². The van der Waals surface area contributed by atoms with E-state index in [1.54, 1.807) is 6.33 Å². The summed E-state index contributed by atoms with van der Waals surface area (Å²) in [5.74, 6) is 0.747. The molecule has 3 aromatic rings. The quantitative estimate of drug-likeness (QED) is 0.770. The van der Waals surface area contributed by atoms with Gasteiger partial charge in [-0.25, -0.2) is 4.68 Å². The van der Waals surface area contributed by atoms with Crippen molar-refractivity contribution in [2.45, 2.75) is 18.1 Å². The largest absolute Gasteiger partial charge is 0.378 e. The van der Waals surface area contributed by atoms with E-state index in [-0.39, 0.29) is 18.1 Å². The Labute approximate surface area is 147 Å². The molecule has 0 aliphatic carbocycles. The van der Waals surface area contributed by atoms with E-state index in [9.17, 15) is 0 Å². The highest BCUT2D eigenvalue weighted by molar-refractivity contribution is 5.49. The molecular weight excluding hydrogens is 312 g/mol. The van der Waals surface area contributed by atoms with Gasteiger partial charge >= 0.3 is 0 Å². The van der Waals surface area contributed by atoms with Crippen LogP contribution in [0.4, 0.5) is 11.6 Å². The predicted octanol–water partition coefficient (Wildman–Crippen LogP) is 2.43. The molecule has 0 saturated carbocycles. The van der Waals surface area contributed by atoms with Gasteiger partial charge in [0.15, 0.2) is 0 Å². The van der Waals surface area contributed by atoms with Crippen LogP contribution in [0, 0.1) is 0 Å². The average Bonchev–Trinajstić information content (AvgIpc) is 3.10. The number of anilines is 2. The van der Waals surface area contributed by atoms with Gasteiger partial charge in [-0.3, -0.25) is 0 Å². The van der Waals surface area contributed by atoms with Crippen molar-refractivity contribution in [3.8, 4) is 0 Å². The van der Waals surface area contributed by atoms with Crippen LogP contribution in [0.2, 0.25) is 0 Å². The van der Waals surface area contributed by atoms with Gasteiger partial charge in [-0.05, 0) is 23.3 Å². The molecule has 0 amide bonds. The Morgan fingerprint density at radius 3 is 2.40 bits per heavy atom. The van der Waals surface area contributed by atoms with Gasteiger partial charge in [0.25, 0.3) is 0 Å². The number of hydrogen-bond acceptors (Lipinski definition) is 5. The minimum Gasteiger partial charge on any atom is -0.378 e. The zero-order valence-electron chi connectivity index (χ0n) is 14.4. The highest BCUT2D eigenvalue weighted by Gasteiger charge is 2.37. The predicted molar refractivity (Wildman–Crippen MR) is 99.7 cm³/mol. The molecule has 25 heavy (non-hydrogen) atoms. The van der Waals surface area contributed by atoms with Crippen molar-refractivity contribution < 1.29 is 0 Å². The average molecular weight is 334 g/mol. The van der Waals surface area contributed by atoms with Gasteiger partial charge in [-0.1, -0.05) is 42.5 Å². The molecule has 0 unspecified atom stereocenters. The Bertz CT molecular complexity index is 840. The fourth-order valence-electron chi connectivity index (χ4n) is 3.44. The lowest BCUT2D eigenvalue weighted by Gasteiger charge is -2.37. The third kappa shape index (κ3) is 2.74. The van der Waals surface area contributed by atoms with Crippen LogP contribution >= 0.6 is 0 Å². The first-order valence-electron chi connectivity index (χ1n) is 8.39. The normalized spacial score (nSPS) is 22.1. The molecule has 2 aromatic carbocycles. The second-order valence-electron chi connectivity index (χ2n) is 6.57. The van der Waals surface area contributed by atoms with Gasteiger partial charge in [-0.2, -0.15) is 10.1 Å². The summed E-state index contributed by atoms with van der Waals surface area (Å²) in [5.41, 5.74) is 10.1. The Morgan fingerprint density at radius 2 is 1.72 bits per heavy atom. The second kappa shape index (κ2) is 6.22. The molecule has 6 heteroatoms. The van der Waals surface area contributed by atoms with E-state index in [1.807, 2.05) is 37.0 Å². The maximum absolute atomic E-state index is 6.70. The molecule has 1 aliphatic rings. The summed E-state index contributed by atoms with van der Waals surface area (Å²) in [6.07, 6.45) is 1.57. The number of benzene rings is 2. The fourth-order valence-corrected chi connectivity index (χ4v) is 3.44. The van der Waals surface area contributed by atoms with Crippen LogP contribution in [0.5, 0.6) is 0 Å². The number of nitrogens with zero attached hydrogens (tertiary/aromatic N) is 4. The Kier molecular flexibility index (Phi) is 3.89.